The molecular weight excluding hydrogens is 252 g/mol. The minimum absolute atomic E-state index is 0.0488. The number of hydrogen-bond donors (Lipinski definition) is 3. The summed E-state index contributed by atoms with van der Waals surface area (Å²) in [5.41, 5.74) is 1.09. The number of carbonyl (C=O) groups is 1. The number of aliphatic imine (C=N–C) groups is 1. The monoisotopic (exact) mass is 276 g/mol. The van der Waals surface area contributed by atoms with Gasteiger partial charge in [0.2, 0.25) is 5.91 Å². The molecule has 0 saturated heterocycles. The van der Waals surface area contributed by atoms with Crippen molar-refractivity contribution in [2.45, 2.75) is 26.3 Å². The quantitative estimate of drug-likeness (QED) is 0.399. The van der Waals surface area contributed by atoms with Crippen LogP contribution in [0.25, 0.3) is 0 Å². The Labute approximate surface area is 120 Å². The van der Waals surface area contributed by atoms with Crippen molar-refractivity contribution in [1.29, 1.82) is 0 Å². The Morgan fingerprint density at radius 3 is 2.55 bits per heavy atom. The number of nitrogens with one attached hydrogen (secondary N) is 3. The number of unbranched alkanes of at least 4 members (excludes halogenated alkanes) is 1. The van der Waals surface area contributed by atoms with Crippen molar-refractivity contribution in [2.24, 2.45) is 4.99 Å². The summed E-state index contributed by atoms with van der Waals surface area (Å²) in [5, 5.41) is 9.01. The number of rotatable bonds is 7. The van der Waals surface area contributed by atoms with Crippen LogP contribution in [0.4, 0.5) is 0 Å². The maximum atomic E-state index is 11.7. The fourth-order valence-electron chi connectivity index (χ4n) is 1.63. The highest BCUT2D eigenvalue weighted by Crippen LogP contribution is 1.96. The van der Waals surface area contributed by atoms with Crippen LogP contribution in [0.2, 0.25) is 0 Å². The van der Waals surface area contributed by atoms with Gasteiger partial charge in [-0.1, -0.05) is 43.7 Å². The Morgan fingerprint density at radius 2 is 1.90 bits per heavy atom. The largest absolute Gasteiger partial charge is 0.356 e. The van der Waals surface area contributed by atoms with E-state index in [0.717, 1.165) is 24.9 Å². The molecule has 5 heteroatoms. The summed E-state index contributed by atoms with van der Waals surface area (Å²) in [6.45, 7) is 3.76. The van der Waals surface area contributed by atoms with Crippen LogP contribution < -0.4 is 16.0 Å². The van der Waals surface area contributed by atoms with Crippen molar-refractivity contribution in [3.05, 3.63) is 35.9 Å². The molecule has 0 spiro atoms. The van der Waals surface area contributed by atoms with Gasteiger partial charge in [0.25, 0.3) is 0 Å². The minimum Gasteiger partial charge on any atom is -0.356 e. The number of amides is 1. The van der Waals surface area contributed by atoms with E-state index >= 15 is 0 Å². The molecule has 0 fully saturated rings. The Bertz CT molecular complexity index is 417. The normalized spacial score (nSPS) is 11.0. The summed E-state index contributed by atoms with van der Waals surface area (Å²) in [6, 6.07) is 9.84. The molecule has 1 aromatic rings. The number of nitrogens with zero attached hydrogens (tertiary/aromatic N) is 1. The first-order valence-electron chi connectivity index (χ1n) is 7.01. The summed E-state index contributed by atoms with van der Waals surface area (Å²) in [4.78, 5) is 15.8. The maximum absolute atomic E-state index is 11.7. The van der Waals surface area contributed by atoms with E-state index in [1.807, 2.05) is 30.3 Å². The molecule has 0 radical (unpaired) electrons. The summed E-state index contributed by atoms with van der Waals surface area (Å²) in [7, 11) is 1.70. The molecule has 1 aromatic carbocycles. The average Bonchev–Trinajstić information content (AvgIpc) is 2.49. The molecule has 1 amide bonds. The van der Waals surface area contributed by atoms with Gasteiger partial charge in [-0.2, -0.15) is 0 Å². The fourth-order valence-corrected chi connectivity index (χ4v) is 1.63. The van der Waals surface area contributed by atoms with E-state index in [0.29, 0.717) is 12.5 Å². The summed E-state index contributed by atoms with van der Waals surface area (Å²) in [6.07, 6.45) is 2.21. The predicted octanol–water partition coefficient (Wildman–Crippen LogP) is 1.27. The van der Waals surface area contributed by atoms with Crippen LogP contribution in [-0.2, 0) is 11.3 Å². The molecule has 1 rings (SSSR count). The Balaban J connectivity index is 2.21. The van der Waals surface area contributed by atoms with Gasteiger partial charge in [-0.15, -0.1) is 0 Å². The van der Waals surface area contributed by atoms with Gasteiger partial charge in [-0.3, -0.25) is 9.79 Å². The van der Waals surface area contributed by atoms with Crippen LogP contribution in [0.1, 0.15) is 25.3 Å². The zero-order chi connectivity index (χ0) is 14.6. The molecule has 110 valence electrons. The summed E-state index contributed by atoms with van der Waals surface area (Å²) < 4.78 is 0. The van der Waals surface area contributed by atoms with Crippen LogP contribution in [-0.4, -0.2) is 32.0 Å². The molecule has 0 aromatic heterocycles. The predicted molar refractivity (Wildman–Crippen MR) is 82.6 cm³/mol. The fraction of sp³-hybridized carbons (Fsp3) is 0.467. The Kier molecular flexibility index (Phi) is 7.87. The van der Waals surface area contributed by atoms with Gasteiger partial charge in [-0.25, -0.2) is 0 Å². The molecule has 0 heterocycles. The van der Waals surface area contributed by atoms with Gasteiger partial charge in [0, 0.05) is 20.1 Å². The molecule has 0 aliphatic carbocycles. The lowest BCUT2D eigenvalue weighted by molar-refractivity contribution is -0.120. The van der Waals surface area contributed by atoms with E-state index in [2.05, 4.69) is 27.9 Å². The van der Waals surface area contributed by atoms with Gasteiger partial charge < -0.3 is 16.0 Å². The zero-order valence-corrected chi connectivity index (χ0v) is 12.3. The maximum Gasteiger partial charge on any atom is 0.239 e. The molecule has 20 heavy (non-hydrogen) atoms. The molecule has 0 bridgehead atoms. The standard InChI is InChI=1S/C15H24N4O/c1-3-4-10-17-15(16-2)19-12-14(20)18-11-13-8-6-5-7-9-13/h5-9H,3-4,10-12H2,1-2H3,(H,18,20)(H2,16,17,19). The number of carbonyl (C=O) groups excluding carboxylic acids is 1. The second-order valence-electron chi connectivity index (χ2n) is 4.47. The van der Waals surface area contributed by atoms with Gasteiger partial charge in [0.15, 0.2) is 5.96 Å². The smallest absolute Gasteiger partial charge is 0.239 e. The van der Waals surface area contributed by atoms with Gasteiger partial charge in [0.1, 0.15) is 0 Å². The van der Waals surface area contributed by atoms with E-state index < -0.39 is 0 Å². The lowest BCUT2D eigenvalue weighted by atomic mass is 10.2. The number of benzene rings is 1. The highest BCUT2D eigenvalue weighted by Gasteiger charge is 2.02. The van der Waals surface area contributed by atoms with Crippen molar-refractivity contribution in [3.8, 4) is 0 Å². The molecule has 0 aliphatic heterocycles. The van der Waals surface area contributed by atoms with Crippen molar-refractivity contribution >= 4 is 11.9 Å². The summed E-state index contributed by atoms with van der Waals surface area (Å²) >= 11 is 0. The van der Waals surface area contributed by atoms with Gasteiger partial charge in [0.05, 0.1) is 6.54 Å². The van der Waals surface area contributed by atoms with E-state index in [-0.39, 0.29) is 12.5 Å². The molecule has 5 nitrogen and oxygen atoms in total. The topological polar surface area (TPSA) is 65.5 Å². The van der Waals surface area contributed by atoms with E-state index in [9.17, 15) is 4.79 Å². The van der Waals surface area contributed by atoms with Crippen LogP contribution >= 0.6 is 0 Å². The van der Waals surface area contributed by atoms with Crippen LogP contribution in [0, 0.1) is 0 Å². The van der Waals surface area contributed by atoms with Gasteiger partial charge >= 0.3 is 0 Å². The molecule has 0 atom stereocenters. The van der Waals surface area contributed by atoms with Crippen molar-refractivity contribution in [2.75, 3.05) is 20.1 Å². The Morgan fingerprint density at radius 1 is 1.15 bits per heavy atom. The first-order valence-corrected chi connectivity index (χ1v) is 7.01. The highest BCUT2D eigenvalue weighted by atomic mass is 16.1. The molecular formula is C15H24N4O. The first kappa shape index (κ1) is 16.0. The zero-order valence-electron chi connectivity index (χ0n) is 12.3. The lowest BCUT2D eigenvalue weighted by Crippen LogP contribution is -2.43. The molecule has 0 saturated carbocycles. The average molecular weight is 276 g/mol. The van der Waals surface area contributed by atoms with Gasteiger partial charge in [-0.05, 0) is 12.0 Å². The molecule has 0 unspecified atom stereocenters. The second kappa shape index (κ2) is 9.83. The van der Waals surface area contributed by atoms with E-state index in [1.54, 1.807) is 7.05 Å². The van der Waals surface area contributed by atoms with Crippen LogP contribution in [0.3, 0.4) is 0 Å². The molecule has 0 aliphatic rings. The van der Waals surface area contributed by atoms with Crippen molar-refractivity contribution in [1.82, 2.24) is 16.0 Å². The number of hydrogen-bond acceptors (Lipinski definition) is 2. The van der Waals surface area contributed by atoms with Crippen molar-refractivity contribution in [3.63, 3.8) is 0 Å². The summed E-state index contributed by atoms with van der Waals surface area (Å²) in [5.74, 6) is 0.612. The van der Waals surface area contributed by atoms with E-state index in [1.165, 1.54) is 0 Å². The van der Waals surface area contributed by atoms with Crippen LogP contribution in [0.5, 0.6) is 0 Å². The number of guanidine groups is 1. The van der Waals surface area contributed by atoms with Crippen molar-refractivity contribution < 1.29 is 4.79 Å². The third-order valence-electron chi connectivity index (χ3n) is 2.80. The minimum atomic E-state index is -0.0488. The Hall–Kier alpha value is -2.04. The lowest BCUT2D eigenvalue weighted by Gasteiger charge is -2.11. The van der Waals surface area contributed by atoms with Crippen LogP contribution in [0.15, 0.2) is 35.3 Å². The second-order valence-corrected chi connectivity index (χ2v) is 4.47. The first-order chi connectivity index (χ1) is 9.76. The third kappa shape index (κ3) is 6.78. The third-order valence-corrected chi connectivity index (χ3v) is 2.80. The molecule has 3 N–H and O–H groups in total. The SMILES string of the molecule is CCCCNC(=NC)NCC(=O)NCc1ccccc1. The van der Waals surface area contributed by atoms with E-state index in [4.69, 9.17) is 0 Å². The highest BCUT2D eigenvalue weighted by molar-refractivity contribution is 5.86.